The van der Waals surface area contributed by atoms with Crippen molar-refractivity contribution in [1.29, 1.82) is 0 Å². The van der Waals surface area contributed by atoms with Gasteiger partial charge in [-0.1, -0.05) is 44.2 Å². The van der Waals surface area contributed by atoms with Crippen LogP contribution < -0.4 is 16.0 Å². The van der Waals surface area contributed by atoms with Crippen molar-refractivity contribution in [2.24, 2.45) is 4.99 Å². The lowest BCUT2D eigenvalue weighted by Gasteiger charge is -2.15. The average molecular weight is 332 g/mol. The Kier molecular flexibility index (Phi) is 9.58. The van der Waals surface area contributed by atoms with Crippen LogP contribution >= 0.6 is 0 Å². The fraction of sp³-hybridized carbons (Fsp3) is 0.579. The highest BCUT2D eigenvalue weighted by Crippen LogP contribution is 2.14. The van der Waals surface area contributed by atoms with Crippen molar-refractivity contribution in [2.45, 2.75) is 52.5 Å². The highest BCUT2D eigenvalue weighted by molar-refractivity contribution is 5.81. The molecule has 5 heteroatoms. The van der Waals surface area contributed by atoms with Gasteiger partial charge in [0.2, 0.25) is 5.91 Å². The normalized spacial score (nSPS) is 13.9. The molecule has 2 unspecified atom stereocenters. The minimum Gasteiger partial charge on any atom is -0.357 e. The molecule has 0 aromatic heterocycles. The molecule has 3 N–H and O–H groups in total. The van der Waals surface area contributed by atoms with Crippen molar-refractivity contribution in [1.82, 2.24) is 16.0 Å². The van der Waals surface area contributed by atoms with Crippen LogP contribution in [0.3, 0.4) is 0 Å². The summed E-state index contributed by atoms with van der Waals surface area (Å²) in [4.78, 5) is 16.4. The Hall–Kier alpha value is -2.04. The summed E-state index contributed by atoms with van der Waals surface area (Å²) >= 11 is 0. The summed E-state index contributed by atoms with van der Waals surface area (Å²) in [5.41, 5.74) is 1.28. The largest absolute Gasteiger partial charge is 0.357 e. The smallest absolute Gasteiger partial charge is 0.221 e. The van der Waals surface area contributed by atoms with Crippen LogP contribution in [0, 0.1) is 0 Å². The Morgan fingerprint density at radius 3 is 2.46 bits per heavy atom. The lowest BCUT2D eigenvalue weighted by atomic mass is 10.0. The maximum atomic E-state index is 11.8. The summed E-state index contributed by atoms with van der Waals surface area (Å²) in [5.74, 6) is 1.19. The summed E-state index contributed by atoms with van der Waals surface area (Å²) in [5, 5.41) is 9.42. The van der Waals surface area contributed by atoms with Gasteiger partial charge < -0.3 is 16.0 Å². The SMILES string of the molecule is CCNC(=NCC(C)c1ccccc1)NCCC(=O)NC(C)CC. The first kappa shape index (κ1) is 20.0. The minimum absolute atomic E-state index is 0.0744. The van der Waals surface area contributed by atoms with E-state index in [4.69, 9.17) is 0 Å². The maximum absolute atomic E-state index is 11.8. The second-order valence-corrected chi connectivity index (χ2v) is 6.08. The Bertz CT molecular complexity index is 501. The highest BCUT2D eigenvalue weighted by atomic mass is 16.1. The van der Waals surface area contributed by atoms with Crippen molar-refractivity contribution in [3.63, 3.8) is 0 Å². The Balaban J connectivity index is 2.44. The van der Waals surface area contributed by atoms with E-state index < -0.39 is 0 Å². The summed E-state index contributed by atoms with van der Waals surface area (Å²) in [6.07, 6.45) is 1.39. The van der Waals surface area contributed by atoms with E-state index in [-0.39, 0.29) is 11.9 Å². The van der Waals surface area contributed by atoms with Crippen molar-refractivity contribution in [3.8, 4) is 0 Å². The molecular weight excluding hydrogens is 300 g/mol. The fourth-order valence-electron chi connectivity index (χ4n) is 2.20. The Morgan fingerprint density at radius 2 is 1.83 bits per heavy atom. The topological polar surface area (TPSA) is 65.5 Å². The molecule has 1 aromatic carbocycles. The third-order valence-corrected chi connectivity index (χ3v) is 3.90. The van der Waals surface area contributed by atoms with E-state index in [9.17, 15) is 4.79 Å². The molecule has 0 aliphatic heterocycles. The van der Waals surface area contributed by atoms with Crippen LogP contribution in [0.5, 0.6) is 0 Å². The van der Waals surface area contributed by atoms with Crippen LogP contribution in [-0.4, -0.2) is 37.5 Å². The van der Waals surface area contributed by atoms with Gasteiger partial charge >= 0.3 is 0 Å². The fourth-order valence-corrected chi connectivity index (χ4v) is 2.20. The zero-order valence-electron chi connectivity index (χ0n) is 15.4. The van der Waals surface area contributed by atoms with Gasteiger partial charge in [-0.15, -0.1) is 0 Å². The zero-order chi connectivity index (χ0) is 17.8. The number of hydrogen-bond donors (Lipinski definition) is 3. The molecule has 24 heavy (non-hydrogen) atoms. The summed E-state index contributed by atoms with van der Waals surface area (Å²) in [6, 6.07) is 10.6. The molecule has 0 saturated carbocycles. The molecule has 0 aliphatic rings. The molecule has 0 bridgehead atoms. The molecule has 0 spiro atoms. The zero-order valence-corrected chi connectivity index (χ0v) is 15.4. The number of hydrogen-bond acceptors (Lipinski definition) is 2. The number of rotatable bonds is 9. The van der Waals surface area contributed by atoms with Gasteiger partial charge in [-0.3, -0.25) is 9.79 Å². The van der Waals surface area contributed by atoms with Crippen LogP contribution in [0.15, 0.2) is 35.3 Å². The van der Waals surface area contributed by atoms with Crippen LogP contribution in [0.2, 0.25) is 0 Å². The first-order valence-electron chi connectivity index (χ1n) is 8.93. The maximum Gasteiger partial charge on any atom is 0.221 e. The molecule has 0 radical (unpaired) electrons. The van der Waals surface area contributed by atoms with Gasteiger partial charge in [0.1, 0.15) is 0 Å². The molecule has 0 saturated heterocycles. The van der Waals surface area contributed by atoms with Crippen molar-refractivity contribution in [2.75, 3.05) is 19.6 Å². The summed E-state index contributed by atoms with van der Waals surface area (Å²) in [7, 11) is 0. The van der Waals surface area contributed by atoms with Crippen LogP contribution in [0.4, 0.5) is 0 Å². The van der Waals surface area contributed by atoms with Gasteiger partial charge in [0.25, 0.3) is 0 Å². The number of nitrogens with one attached hydrogen (secondary N) is 3. The summed E-state index contributed by atoms with van der Waals surface area (Å²) < 4.78 is 0. The van der Waals surface area contributed by atoms with E-state index in [0.29, 0.717) is 25.4 Å². The number of amides is 1. The van der Waals surface area contributed by atoms with Gasteiger partial charge in [-0.05, 0) is 25.8 Å². The van der Waals surface area contributed by atoms with Crippen molar-refractivity contribution < 1.29 is 4.79 Å². The van der Waals surface area contributed by atoms with E-state index in [0.717, 1.165) is 18.9 Å². The van der Waals surface area contributed by atoms with E-state index in [1.54, 1.807) is 0 Å². The van der Waals surface area contributed by atoms with Gasteiger partial charge in [0, 0.05) is 38.0 Å². The number of carbonyl (C=O) groups is 1. The van der Waals surface area contributed by atoms with Gasteiger partial charge in [0.15, 0.2) is 5.96 Å². The molecular formula is C19H32N4O. The van der Waals surface area contributed by atoms with Crippen molar-refractivity contribution >= 4 is 11.9 Å². The first-order chi connectivity index (χ1) is 11.6. The standard InChI is InChI=1S/C19H32N4O/c1-5-16(4)23-18(24)12-13-21-19(20-6-2)22-14-15(3)17-10-8-7-9-11-17/h7-11,15-16H,5-6,12-14H2,1-4H3,(H,23,24)(H2,20,21,22). The molecule has 0 heterocycles. The minimum atomic E-state index is 0.0744. The number of nitrogens with zero attached hydrogens (tertiary/aromatic N) is 1. The number of guanidine groups is 1. The third-order valence-electron chi connectivity index (χ3n) is 3.90. The van der Waals surface area contributed by atoms with Crippen molar-refractivity contribution in [3.05, 3.63) is 35.9 Å². The lowest BCUT2D eigenvalue weighted by Crippen LogP contribution is -2.40. The number of aliphatic imine (C=N–C) groups is 1. The van der Waals surface area contributed by atoms with Gasteiger partial charge in [0.05, 0.1) is 0 Å². The third kappa shape index (κ3) is 7.99. The van der Waals surface area contributed by atoms with E-state index in [2.05, 4.69) is 59.1 Å². The molecule has 134 valence electrons. The summed E-state index contributed by atoms with van der Waals surface area (Å²) in [6.45, 7) is 10.4. The highest BCUT2D eigenvalue weighted by Gasteiger charge is 2.07. The molecule has 1 aromatic rings. The van der Waals surface area contributed by atoms with Crippen LogP contribution in [0.25, 0.3) is 0 Å². The molecule has 0 aliphatic carbocycles. The first-order valence-corrected chi connectivity index (χ1v) is 8.93. The predicted molar refractivity (Wildman–Crippen MR) is 101 cm³/mol. The lowest BCUT2D eigenvalue weighted by molar-refractivity contribution is -0.121. The van der Waals surface area contributed by atoms with Crippen LogP contribution in [0.1, 0.15) is 52.0 Å². The Morgan fingerprint density at radius 1 is 1.12 bits per heavy atom. The second kappa shape index (κ2) is 11.5. The molecule has 2 atom stereocenters. The molecule has 5 nitrogen and oxygen atoms in total. The Labute approximate surface area is 146 Å². The molecule has 0 fully saturated rings. The molecule has 1 rings (SSSR count). The monoisotopic (exact) mass is 332 g/mol. The predicted octanol–water partition coefficient (Wildman–Crippen LogP) is 2.65. The quantitative estimate of drug-likeness (QED) is 0.481. The molecule has 1 amide bonds. The number of carbonyl (C=O) groups excluding carboxylic acids is 1. The second-order valence-electron chi connectivity index (χ2n) is 6.08. The average Bonchev–Trinajstić information content (AvgIpc) is 2.59. The van der Waals surface area contributed by atoms with Gasteiger partial charge in [-0.25, -0.2) is 0 Å². The van der Waals surface area contributed by atoms with Crippen LogP contribution in [-0.2, 0) is 4.79 Å². The van der Waals surface area contributed by atoms with Gasteiger partial charge in [-0.2, -0.15) is 0 Å². The van der Waals surface area contributed by atoms with E-state index in [1.165, 1.54) is 5.56 Å². The number of benzene rings is 1. The van der Waals surface area contributed by atoms with E-state index >= 15 is 0 Å². The van der Waals surface area contributed by atoms with E-state index in [1.807, 2.05) is 19.9 Å².